The Kier molecular flexibility index (Phi) is 8.83. The van der Waals surface area contributed by atoms with E-state index in [0.29, 0.717) is 16.2 Å². The second kappa shape index (κ2) is 11.3. The molecule has 0 aliphatic rings. The lowest BCUT2D eigenvalue weighted by atomic mass is 9.91. The van der Waals surface area contributed by atoms with Crippen molar-refractivity contribution >= 4 is 27.0 Å². The summed E-state index contributed by atoms with van der Waals surface area (Å²) >= 11 is 0. The Hall–Kier alpha value is -2.96. The molecule has 3 aromatic carbocycles. The van der Waals surface area contributed by atoms with Crippen molar-refractivity contribution in [3.8, 4) is 5.75 Å². The van der Waals surface area contributed by atoms with Crippen LogP contribution in [0.2, 0.25) is 0 Å². The average molecular weight is 589 g/mol. The molecule has 3 rings (SSSR count). The number of hydrogen-bond acceptors (Lipinski definition) is 5. The molecule has 210 valence electrons. The van der Waals surface area contributed by atoms with E-state index in [0.717, 1.165) is 17.0 Å². The van der Waals surface area contributed by atoms with Gasteiger partial charge in [-0.05, 0) is 62.2 Å². The van der Waals surface area contributed by atoms with Crippen LogP contribution in [0, 0.1) is 5.41 Å². The quantitative estimate of drug-likeness (QED) is 0.0892. The van der Waals surface area contributed by atoms with Gasteiger partial charge >= 0.3 is 17.4 Å². The first-order valence-corrected chi connectivity index (χ1v) is 14.2. The maximum Gasteiger partial charge on any atom is 0.402 e. The Morgan fingerprint density at radius 3 is 1.92 bits per heavy atom. The molecule has 2 unspecified atom stereocenters. The van der Waals surface area contributed by atoms with E-state index in [4.69, 9.17) is 4.74 Å². The summed E-state index contributed by atoms with van der Waals surface area (Å²) in [5.41, 5.74) is -1.81. The first kappa shape index (κ1) is 30.6. The SMILES string of the molecule is CCC(C)(C)C(=O)Oc1cccc([S+](c2ccccc2)c2ccc(C(C(F)(F)F)C(F)(F)S(=O)(=O)[O-])cc2)c1. The van der Waals surface area contributed by atoms with E-state index in [9.17, 15) is 39.7 Å². The van der Waals surface area contributed by atoms with Gasteiger partial charge in [0, 0.05) is 6.07 Å². The molecule has 0 saturated carbocycles. The molecule has 0 spiro atoms. The number of esters is 1. The van der Waals surface area contributed by atoms with Crippen molar-refractivity contribution in [1.29, 1.82) is 0 Å². The lowest BCUT2D eigenvalue weighted by Gasteiger charge is -2.30. The molecule has 5 nitrogen and oxygen atoms in total. The molecule has 0 N–H and O–H groups in total. The second-order valence-corrected chi connectivity index (χ2v) is 12.8. The topological polar surface area (TPSA) is 83.5 Å². The molecule has 12 heteroatoms. The van der Waals surface area contributed by atoms with Crippen LogP contribution in [0.15, 0.2) is 93.5 Å². The summed E-state index contributed by atoms with van der Waals surface area (Å²) in [6.07, 6.45) is -5.17. The zero-order valence-corrected chi connectivity index (χ0v) is 22.7. The smallest absolute Gasteiger partial charge is 0.402 e. The van der Waals surface area contributed by atoms with Crippen molar-refractivity contribution < 1.29 is 44.5 Å². The van der Waals surface area contributed by atoms with Crippen molar-refractivity contribution in [2.75, 3.05) is 0 Å². The number of benzene rings is 3. The molecule has 2 atom stereocenters. The first-order chi connectivity index (χ1) is 18.0. The maximum absolute atomic E-state index is 14.2. The average Bonchev–Trinajstić information content (AvgIpc) is 2.84. The third kappa shape index (κ3) is 6.79. The summed E-state index contributed by atoms with van der Waals surface area (Å²) < 4.78 is 108. The number of hydrogen-bond donors (Lipinski definition) is 0. The van der Waals surface area contributed by atoms with E-state index in [2.05, 4.69) is 0 Å². The highest BCUT2D eigenvalue weighted by atomic mass is 32.2. The van der Waals surface area contributed by atoms with Crippen LogP contribution in [0.3, 0.4) is 0 Å². The van der Waals surface area contributed by atoms with Gasteiger partial charge in [-0.3, -0.25) is 4.79 Å². The van der Waals surface area contributed by atoms with Crippen LogP contribution in [0.4, 0.5) is 22.0 Å². The van der Waals surface area contributed by atoms with Gasteiger partial charge in [0.15, 0.2) is 30.7 Å². The fraction of sp³-hybridized carbons (Fsp3) is 0.296. The second-order valence-electron chi connectivity index (χ2n) is 9.28. The van der Waals surface area contributed by atoms with Crippen LogP contribution in [-0.4, -0.2) is 30.4 Å². The van der Waals surface area contributed by atoms with Crippen LogP contribution in [0.5, 0.6) is 5.75 Å². The fourth-order valence-electron chi connectivity index (χ4n) is 3.53. The molecule has 0 heterocycles. The number of ether oxygens (including phenoxy) is 1. The van der Waals surface area contributed by atoms with Gasteiger partial charge in [0.05, 0.1) is 16.3 Å². The molecule has 0 saturated heterocycles. The standard InChI is InChI=1S/C27H25F5O5S2/c1-4-25(2,3)24(33)37-19-9-8-12-22(17-19)38(20-10-6-5-7-11-20)21-15-13-18(14-16-21)23(26(28,29)30)27(31,32)39(34,35)36/h5-17,23H,4H2,1-3H3. The van der Waals surface area contributed by atoms with Crippen molar-refractivity contribution in [2.24, 2.45) is 5.41 Å². The van der Waals surface area contributed by atoms with Crippen molar-refractivity contribution in [3.63, 3.8) is 0 Å². The van der Waals surface area contributed by atoms with Crippen LogP contribution in [0.1, 0.15) is 38.7 Å². The Bertz CT molecular complexity index is 1410. The van der Waals surface area contributed by atoms with Crippen LogP contribution in [-0.2, 0) is 25.8 Å². The molecule has 0 amide bonds. The highest BCUT2D eigenvalue weighted by Gasteiger charge is 2.60. The number of alkyl halides is 5. The van der Waals surface area contributed by atoms with Gasteiger partial charge in [-0.15, -0.1) is 0 Å². The Balaban J connectivity index is 2.08. The Morgan fingerprint density at radius 2 is 1.41 bits per heavy atom. The van der Waals surface area contributed by atoms with Gasteiger partial charge in [-0.2, -0.15) is 22.0 Å². The number of carbonyl (C=O) groups is 1. The molecule has 0 fully saturated rings. The minimum Gasteiger partial charge on any atom is -0.743 e. The molecular weight excluding hydrogens is 563 g/mol. The molecule has 39 heavy (non-hydrogen) atoms. The largest absolute Gasteiger partial charge is 0.743 e. The molecule has 0 aromatic heterocycles. The minimum absolute atomic E-state index is 0.251. The highest BCUT2D eigenvalue weighted by molar-refractivity contribution is 7.97. The predicted molar refractivity (Wildman–Crippen MR) is 135 cm³/mol. The van der Waals surface area contributed by atoms with E-state index in [1.807, 2.05) is 6.92 Å². The maximum atomic E-state index is 14.2. The van der Waals surface area contributed by atoms with E-state index >= 15 is 0 Å². The molecule has 0 radical (unpaired) electrons. The minimum atomic E-state index is -6.62. The highest BCUT2D eigenvalue weighted by Crippen LogP contribution is 2.48. The first-order valence-electron chi connectivity index (χ1n) is 11.6. The number of rotatable bonds is 9. The lowest BCUT2D eigenvalue weighted by Crippen LogP contribution is -2.43. The van der Waals surface area contributed by atoms with Crippen LogP contribution >= 0.6 is 0 Å². The summed E-state index contributed by atoms with van der Waals surface area (Å²) in [6, 6.07) is 19.2. The summed E-state index contributed by atoms with van der Waals surface area (Å²) in [7, 11) is -7.60. The van der Waals surface area contributed by atoms with Gasteiger partial charge in [0.2, 0.25) is 0 Å². The van der Waals surface area contributed by atoms with Gasteiger partial charge in [-0.25, -0.2) is 8.42 Å². The molecule has 0 aliphatic carbocycles. The number of carbonyl (C=O) groups excluding carboxylic acids is 1. The summed E-state index contributed by atoms with van der Waals surface area (Å²) in [4.78, 5) is 14.3. The van der Waals surface area contributed by atoms with E-state index in [1.54, 1.807) is 68.4 Å². The molecule has 0 bridgehead atoms. The van der Waals surface area contributed by atoms with Crippen LogP contribution < -0.4 is 4.74 Å². The van der Waals surface area contributed by atoms with Gasteiger partial charge in [-0.1, -0.05) is 43.3 Å². The lowest BCUT2D eigenvalue weighted by molar-refractivity contribution is -0.189. The predicted octanol–water partition coefficient (Wildman–Crippen LogP) is 6.91. The molecule has 3 aromatic rings. The van der Waals surface area contributed by atoms with Crippen molar-refractivity contribution in [2.45, 2.75) is 59.2 Å². The van der Waals surface area contributed by atoms with E-state index in [-0.39, 0.29) is 5.75 Å². The third-order valence-corrected chi connectivity index (χ3v) is 9.23. The zero-order chi connectivity index (χ0) is 29.2. The Morgan fingerprint density at radius 1 is 0.872 bits per heavy atom. The summed E-state index contributed by atoms with van der Waals surface area (Å²) in [5, 5.41) is -5.61. The molecular formula is C27H25F5O5S2. The fourth-order valence-corrected chi connectivity index (χ4v) is 6.19. The van der Waals surface area contributed by atoms with Crippen LogP contribution in [0.25, 0.3) is 0 Å². The van der Waals surface area contributed by atoms with E-state index < -0.39 is 55.3 Å². The van der Waals surface area contributed by atoms with Gasteiger partial charge in [0.25, 0.3) is 0 Å². The normalized spacial score (nSPS) is 14.5. The van der Waals surface area contributed by atoms with Gasteiger partial charge in [0.1, 0.15) is 5.75 Å². The number of halogens is 5. The Labute approximate surface area is 226 Å². The summed E-state index contributed by atoms with van der Waals surface area (Å²) in [5.74, 6) is -4.04. The van der Waals surface area contributed by atoms with Crippen molar-refractivity contribution in [1.82, 2.24) is 0 Å². The third-order valence-electron chi connectivity index (χ3n) is 6.11. The van der Waals surface area contributed by atoms with Gasteiger partial charge < -0.3 is 9.29 Å². The monoisotopic (exact) mass is 588 g/mol. The van der Waals surface area contributed by atoms with E-state index in [1.165, 1.54) is 12.1 Å². The zero-order valence-electron chi connectivity index (χ0n) is 21.0. The summed E-state index contributed by atoms with van der Waals surface area (Å²) in [6.45, 7) is 5.33. The van der Waals surface area contributed by atoms with Crippen molar-refractivity contribution in [3.05, 3.63) is 84.4 Å². The molecule has 0 aliphatic heterocycles.